The third-order valence-electron chi connectivity index (χ3n) is 1.80. The first kappa shape index (κ1) is 10.9. The molecule has 0 aromatic heterocycles. The number of halogens is 1. The van der Waals surface area contributed by atoms with E-state index in [4.69, 9.17) is 11.6 Å². The van der Waals surface area contributed by atoms with E-state index in [1.807, 2.05) is 55.4 Å². The third kappa shape index (κ3) is 3.27. The molecule has 0 aliphatic carbocycles. The van der Waals surface area contributed by atoms with Gasteiger partial charge in [-0.25, -0.2) is 0 Å². The van der Waals surface area contributed by atoms with Gasteiger partial charge in [-0.1, -0.05) is 29.8 Å². The molecule has 2 heteroatoms. The smallest absolute Gasteiger partial charge is 0.0426 e. The summed E-state index contributed by atoms with van der Waals surface area (Å²) in [5, 5.41) is 0.748. The first-order chi connectivity index (χ1) is 6.59. The molecular weight excluding hydrogens is 194 g/mol. The molecule has 1 aromatic rings. The largest absolute Gasteiger partial charge is 0.351 e. The number of hydrogen-bond donors (Lipinski definition) is 0. The molecule has 14 heavy (non-hydrogen) atoms. The van der Waals surface area contributed by atoms with Crippen molar-refractivity contribution in [1.29, 1.82) is 0 Å². The molecule has 0 unspecified atom stereocenters. The highest BCUT2D eigenvalue weighted by molar-refractivity contribution is 6.30. The lowest BCUT2D eigenvalue weighted by molar-refractivity contribution is 1.20. The molecule has 74 valence electrons. The van der Waals surface area contributed by atoms with Crippen LogP contribution in [0.3, 0.4) is 0 Å². The van der Waals surface area contributed by atoms with Gasteiger partial charge in [-0.3, -0.25) is 0 Å². The number of anilines is 1. The molecular formula is C12H14ClN. The van der Waals surface area contributed by atoms with E-state index in [0.29, 0.717) is 0 Å². The Morgan fingerprint density at radius 2 is 2.21 bits per heavy atom. The molecule has 1 nitrogen and oxygen atoms in total. The summed E-state index contributed by atoms with van der Waals surface area (Å²) in [6.07, 6.45) is 3.93. The van der Waals surface area contributed by atoms with Crippen LogP contribution in [0.1, 0.15) is 6.92 Å². The van der Waals surface area contributed by atoms with Crippen molar-refractivity contribution in [2.45, 2.75) is 6.92 Å². The van der Waals surface area contributed by atoms with E-state index >= 15 is 0 Å². The van der Waals surface area contributed by atoms with Crippen LogP contribution in [-0.2, 0) is 0 Å². The number of rotatable bonds is 3. The van der Waals surface area contributed by atoms with Gasteiger partial charge in [0.05, 0.1) is 0 Å². The zero-order chi connectivity index (χ0) is 10.6. The monoisotopic (exact) mass is 207 g/mol. The van der Waals surface area contributed by atoms with Crippen LogP contribution in [0.15, 0.2) is 48.7 Å². The van der Waals surface area contributed by atoms with Crippen molar-refractivity contribution >= 4 is 17.3 Å². The minimum absolute atomic E-state index is 0.748. The fourth-order valence-corrected chi connectivity index (χ4v) is 1.21. The van der Waals surface area contributed by atoms with Crippen molar-refractivity contribution in [3.05, 3.63) is 53.7 Å². The van der Waals surface area contributed by atoms with Crippen molar-refractivity contribution < 1.29 is 0 Å². The lowest BCUT2D eigenvalue weighted by atomic mass is 10.3. The van der Waals surface area contributed by atoms with Crippen LogP contribution in [0.25, 0.3) is 0 Å². The fourth-order valence-electron chi connectivity index (χ4n) is 1.02. The molecule has 0 aliphatic heterocycles. The average Bonchev–Trinajstić information content (AvgIpc) is 2.14. The Labute approximate surface area is 90.3 Å². The van der Waals surface area contributed by atoms with Crippen LogP contribution in [0.5, 0.6) is 0 Å². The Morgan fingerprint density at radius 1 is 1.50 bits per heavy atom. The van der Waals surface area contributed by atoms with E-state index in [0.717, 1.165) is 16.3 Å². The zero-order valence-electron chi connectivity index (χ0n) is 8.50. The van der Waals surface area contributed by atoms with Crippen molar-refractivity contribution in [3.63, 3.8) is 0 Å². The van der Waals surface area contributed by atoms with E-state index in [-0.39, 0.29) is 0 Å². The van der Waals surface area contributed by atoms with Gasteiger partial charge < -0.3 is 4.90 Å². The highest BCUT2D eigenvalue weighted by Gasteiger charge is 1.96. The lowest BCUT2D eigenvalue weighted by Crippen LogP contribution is -2.07. The lowest BCUT2D eigenvalue weighted by Gasteiger charge is -2.13. The minimum atomic E-state index is 0.748. The van der Waals surface area contributed by atoms with Crippen molar-refractivity contribution in [1.82, 2.24) is 0 Å². The van der Waals surface area contributed by atoms with Gasteiger partial charge in [-0.15, -0.1) is 0 Å². The SMILES string of the molecule is C=C(C)/C=C\N(C)c1cccc(Cl)c1. The van der Waals surface area contributed by atoms with Gasteiger partial charge in [0.15, 0.2) is 0 Å². The van der Waals surface area contributed by atoms with E-state index in [2.05, 4.69) is 6.58 Å². The fraction of sp³-hybridized carbons (Fsp3) is 0.167. The maximum Gasteiger partial charge on any atom is 0.0426 e. The summed E-state index contributed by atoms with van der Waals surface area (Å²) in [6, 6.07) is 7.73. The van der Waals surface area contributed by atoms with Gasteiger partial charge in [0.2, 0.25) is 0 Å². The molecule has 1 rings (SSSR count). The Balaban J connectivity index is 2.79. The molecule has 0 saturated heterocycles. The van der Waals surface area contributed by atoms with Gasteiger partial charge in [0.25, 0.3) is 0 Å². The number of hydrogen-bond acceptors (Lipinski definition) is 1. The number of nitrogens with zero attached hydrogens (tertiary/aromatic N) is 1. The first-order valence-corrected chi connectivity index (χ1v) is 4.79. The Bertz CT molecular complexity index is 355. The molecule has 0 saturated carbocycles. The third-order valence-corrected chi connectivity index (χ3v) is 2.03. The maximum atomic E-state index is 5.88. The second-order valence-corrected chi connectivity index (χ2v) is 3.69. The minimum Gasteiger partial charge on any atom is -0.351 e. The van der Waals surface area contributed by atoms with E-state index in [1.54, 1.807) is 0 Å². The number of allylic oxidation sites excluding steroid dienone is 2. The topological polar surface area (TPSA) is 3.24 Å². The van der Waals surface area contributed by atoms with Crippen LogP contribution in [0.4, 0.5) is 5.69 Å². The Hall–Kier alpha value is -1.21. The van der Waals surface area contributed by atoms with Gasteiger partial charge >= 0.3 is 0 Å². The van der Waals surface area contributed by atoms with Gasteiger partial charge in [0, 0.05) is 24.0 Å². The van der Waals surface area contributed by atoms with Gasteiger partial charge in [0.1, 0.15) is 0 Å². The summed E-state index contributed by atoms with van der Waals surface area (Å²) in [6.45, 7) is 5.76. The first-order valence-electron chi connectivity index (χ1n) is 4.41. The van der Waals surface area contributed by atoms with Crippen LogP contribution >= 0.6 is 11.6 Å². The Morgan fingerprint density at radius 3 is 2.79 bits per heavy atom. The second kappa shape index (κ2) is 4.87. The summed E-state index contributed by atoms with van der Waals surface area (Å²) in [4.78, 5) is 2.00. The summed E-state index contributed by atoms with van der Waals surface area (Å²) in [5.74, 6) is 0. The molecule has 0 amide bonds. The van der Waals surface area contributed by atoms with E-state index < -0.39 is 0 Å². The summed E-state index contributed by atoms with van der Waals surface area (Å²) < 4.78 is 0. The highest BCUT2D eigenvalue weighted by Crippen LogP contribution is 2.18. The second-order valence-electron chi connectivity index (χ2n) is 3.25. The average molecular weight is 208 g/mol. The normalized spacial score (nSPS) is 10.5. The summed E-state index contributed by atoms with van der Waals surface area (Å²) >= 11 is 5.88. The highest BCUT2D eigenvalue weighted by atomic mass is 35.5. The predicted octanol–water partition coefficient (Wildman–Crippen LogP) is 3.87. The molecule has 0 spiro atoms. The molecule has 0 fully saturated rings. The van der Waals surface area contributed by atoms with Crippen molar-refractivity contribution in [3.8, 4) is 0 Å². The summed E-state index contributed by atoms with van der Waals surface area (Å²) in [7, 11) is 1.98. The summed E-state index contributed by atoms with van der Waals surface area (Å²) in [5.41, 5.74) is 2.09. The van der Waals surface area contributed by atoms with Gasteiger partial charge in [-0.05, 0) is 31.2 Å². The zero-order valence-corrected chi connectivity index (χ0v) is 9.25. The van der Waals surface area contributed by atoms with Gasteiger partial charge in [-0.2, -0.15) is 0 Å². The van der Waals surface area contributed by atoms with Crippen LogP contribution in [0.2, 0.25) is 5.02 Å². The predicted molar refractivity (Wildman–Crippen MR) is 63.8 cm³/mol. The Kier molecular flexibility index (Phi) is 3.78. The quantitative estimate of drug-likeness (QED) is 0.681. The molecule has 0 N–H and O–H groups in total. The van der Waals surface area contributed by atoms with Crippen molar-refractivity contribution in [2.24, 2.45) is 0 Å². The molecule has 0 heterocycles. The maximum absolute atomic E-state index is 5.88. The van der Waals surface area contributed by atoms with Crippen LogP contribution < -0.4 is 4.90 Å². The van der Waals surface area contributed by atoms with Crippen molar-refractivity contribution in [2.75, 3.05) is 11.9 Å². The molecule has 0 radical (unpaired) electrons. The molecule has 0 bridgehead atoms. The van der Waals surface area contributed by atoms with Crippen LogP contribution in [0, 0.1) is 0 Å². The van der Waals surface area contributed by atoms with Crippen LogP contribution in [-0.4, -0.2) is 7.05 Å². The van der Waals surface area contributed by atoms with E-state index in [1.165, 1.54) is 0 Å². The van der Waals surface area contributed by atoms with E-state index in [9.17, 15) is 0 Å². The number of benzene rings is 1. The molecule has 0 atom stereocenters. The molecule has 0 aliphatic rings. The molecule has 1 aromatic carbocycles. The standard InChI is InChI=1S/C12H14ClN/c1-10(2)7-8-14(3)12-6-4-5-11(13)9-12/h4-9H,1H2,2-3H3/b8-7-.